The second kappa shape index (κ2) is 10.2. The van der Waals surface area contributed by atoms with Crippen LogP contribution in [0.1, 0.15) is 74.8 Å². The molecule has 1 heterocycles. The summed E-state index contributed by atoms with van der Waals surface area (Å²) < 4.78 is 5.95. The minimum atomic E-state index is -0.787. The lowest BCUT2D eigenvalue weighted by molar-refractivity contribution is -0.384. The highest BCUT2D eigenvalue weighted by atomic mass is 16.6. The Morgan fingerprint density at radius 2 is 1.72 bits per heavy atom. The van der Waals surface area contributed by atoms with E-state index in [-0.39, 0.29) is 23.5 Å². The number of hydrogen-bond donors (Lipinski definition) is 0. The first-order chi connectivity index (χ1) is 17.4. The van der Waals surface area contributed by atoms with Gasteiger partial charge in [-0.15, -0.1) is 0 Å². The van der Waals surface area contributed by atoms with Gasteiger partial charge in [0.1, 0.15) is 12.0 Å². The van der Waals surface area contributed by atoms with Crippen LogP contribution >= 0.6 is 0 Å². The van der Waals surface area contributed by atoms with Gasteiger partial charge < -0.3 is 4.74 Å². The Kier molecular flexibility index (Phi) is 6.81. The molecular formula is C29H30N2O5. The number of nitro benzene ring substituents is 1. The van der Waals surface area contributed by atoms with Gasteiger partial charge in [-0.25, -0.2) is 0 Å². The van der Waals surface area contributed by atoms with Gasteiger partial charge in [-0.3, -0.25) is 24.7 Å². The number of nitrogens with zero attached hydrogens (tertiary/aromatic N) is 2. The molecule has 1 saturated carbocycles. The molecule has 0 spiro atoms. The minimum Gasteiger partial charge on any atom is -0.462 e. The Morgan fingerprint density at radius 1 is 1.00 bits per heavy atom. The minimum absolute atomic E-state index is 0.00509. The number of aliphatic imine (C=N–C) groups is 1. The summed E-state index contributed by atoms with van der Waals surface area (Å²) in [6.45, 7) is 1.80. The van der Waals surface area contributed by atoms with Crippen molar-refractivity contribution in [2.75, 3.05) is 0 Å². The quantitative estimate of drug-likeness (QED) is 0.291. The van der Waals surface area contributed by atoms with Crippen LogP contribution in [0.25, 0.3) is 0 Å². The molecule has 1 fully saturated rings. The highest BCUT2D eigenvalue weighted by Gasteiger charge is 2.45. The van der Waals surface area contributed by atoms with Gasteiger partial charge in [-0.05, 0) is 56.1 Å². The Morgan fingerprint density at radius 3 is 2.44 bits per heavy atom. The fraction of sp³-hybridized carbons (Fsp3) is 0.414. The lowest BCUT2D eigenvalue weighted by Crippen LogP contribution is -2.39. The normalized spacial score (nSPS) is 24.6. The van der Waals surface area contributed by atoms with E-state index in [9.17, 15) is 19.7 Å². The molecule has 0 bridgehead atoms. The summed E-state index contributed by atoms with van der Waals surface area (Å²) in [5.41, 5.74) is 3.35. The fourth-order valence-electron chi connectivity index (χ4n) is 5.94. The van der Waals surface area contributed by atoms with Crippen molar-refractivity contribution in [2.45, 2.75) is 69.8 Å². The molecule has 7 heteroatoms. The summed E-state index contributed by atoms with van der Waals surface area (Å²) >= 11 is 0. The molecule has 186 valence electrons. The summed E-state index contributed by atoms with van der Waals surface area (Å²) in [6, 6.07) is 16.2. The number of nitro groups is 1. The molecule has 1 aliphatic heterocycles. The predicted molar refractivity (Wildman–Crippen MR) is 136 cm³/mol. The molecule has 0 amide bonds. The average molecular weight is 487 g/mol. The van der Waals surface area contributed by atoms with E-state index >= 15 is 0 Å². The number of rotatable bonds is 5. The van der Waals surface area contributed by atoms with Crippen molar-refractivity contribution in [3.8, 4) is 0 Å². The van der Waals surface area contributed by atoms with Crippen molar-refractivity contribution in [3.05, 3.63) is 87.1 Å². The molecule has 0 N–H and O–H groups in total. The molecule has 0 saturated heterocycles. The summed E-state index contributed by atoms with van der Waals surface area (Å²) in [4.78, 5) is 43.1. The van der Waals surface area contributed by atoms with E-state index in [2.05, 4.69) is 0 Å². The van der Waals surface area contributed by atoms with Crippen LogP contribution in [0, 0.1) is 16.0 Å². The number of ether oxygens (including phenoxy) is 1. The molecule has 2 aromatic carbocycles. The Hall–Kier alpha value is -3.61. The van der Waals surface area contributed by atoms with E-state index in [0.29, 0.717) is 35.4 Å². The zero-order chi connectivity index (χ0) is 25.2. The van der Waals surface area contributed by atoms with Crippen LogP contribution in [0.2, 0.25) is 0 Å². The Balaban J connectivity index is 1.55. The van der Waals surface area contributed by atoms with Gasteiger partial charge in [0.15, 0.2) is 5.78 Å². The van der Waals surface area contributed by atoms with Crippen LogP contribution in [0.5, 0.6) is 0 Å². The summed E-state index contributed by atoms with van der Waals surface area (Å²) in [6.07, 6.45) is 5.62. The number of carbonyl (C=O) groups excluding carboxylic acids is 2. The lowest BCUT2D eigenvalue weighted by Gasteiger charge is -2.37. The maximum absolute atomic E-state index is 13.7. The molecule has 3 aliphatic rings. The smallest absolute Gasteiger partial charge is 0.315 e. The van der Waals surface area contributed by atoms with Crippen molar-refractivity contribution in [3.63, 3.8) is 0 Å². The number of allylic oxidation sites excluding steroid dienone is 2. The molecule has 0 aromatic heterocycles. The van der Waals surface area contributed by atoms with E-state index in [1.54, 1.807) is 19.1 Å². The Bertz CT molecular complexity index is 1240. The van der Waals surface area contributed by atoms with Gasteiger partial charge >= 0.3 is 5.97 Å². The van der Waals surface area contributed by atoms with Crippen molar-refractivity contribution in [1.29, 1.82) is 0 Å². The van der Waals surface area contributed by atoms with Crippen LogP contribution in [-0.2, 0) is 14.3 Å². The van der Waals surface area contributed by atoms with Crippen LogP contribution < -0.4 is 0 Å². The van der Waals surface area contributed by atoms with E-state index in [4.69, 9.17) is 9.73 Å². The first-order valence-corrected chi connectivity index (χ1v) is 12.7. The van der Waals surface area contributed by atoms with Crippen LogP contribution in [0.4, 0.5) is 5.69 Å². The molecule has 5 rings (SSSR count). The third-order valence-corrected chi connectivity index (χ3v) is 7.69. The molecule has 3 atom stereocenters. The van der Waals surface area contributed by atoms with Crippen LogP contribution in [0.15, 0.2) is 70.9 Å². The van der Waals surface area contributed by atoms with Crippen molar-refractivity contribution >= 4 is 23.2 Å². The van der Waals surface area contributed by atoms with E-state index in [0.717, 1.165) is 37.7 Å². The largest absolute Gasteiger partial charge is 0.462 e. The van der Waals surface area contributed by atoms with E-state index in [1.807, 2.05) is 30.3 Å². The molecule has 7 nitrogen and oxygen atoms in total. The predicted octanol–water partition coefficient (Wildman–Crippen LogP) is 6.05. The molecular weight excluding hydrogens is 456 g/mol. The highest BCUT2D eigenvalue weighted by molar-refractivity contribution is 6.09. The zero-order valence-corrected chi connectivity index (χ0v) is 20.4. The molecule has 2 aromatic rings. The number of benzene rings is 2. The number of ketones is 1. The van der Waals surface area contributed by atoms with Crippen molar-refractivity contribution in [1.82, 2.24) is 0 Å². The second-order valence-electron chi connectivity index (χ2n) is 10.1. The summed E-state index contributed by atoms with van der Waals surface area (Å²) in [5, 5.41) is 11.5. The van der Waals surface area contributed by atoms with Crippen LogP contribution in [-0.4, -0.2) is 28.5 Å². The van der Waals surface area contributed by atoms with Crippen molar-refractivity contribution in [2.24, 2.45) is 10.9 Å². The van der Waals surface area contributed by atoms with Gasteiger partial charge in [0.2, 0.25) is 0 Å². The SMILES string of the molecule is CC1=NC2=C(C(=O)C[C@H](c3ccccc3)C2)[C@H](c2cccc([N+](=O)[O-])c2)C1C(=O)OC1CCCCC1. The maximum Gasteiger partial charge on any atom is 0.315 e. The third-order valence-electron chi connectivity index (χ3n) is 7.69. The van der Waals surface area contributed by atoms with E-state index in [1.165, 1.54) is 12.1 Å². The first-order valence-electron chi connectivity index (χ1n) is 12.7. The molecule has 36 heavy (non-hydrogen) atoms. The molecule has 0 radical (unpaired) electrons. The van der Waals surface area contributed by atoms with Gasteiger partial charge in [-0.2, -0.15) is 0 Å². The standard InChI is InChI=1S/C29H30N2O5/c1-18-26(29(33)36-23-13-6-3-7-14-23)27(20-11-8-12-22(15-20)31(34)35)28-24(30-18)16-21(17-25(28)32)19-9-4-2-5-10-19/h2,4-5,8-12,15,21,23,26-27H,3,6-7,13-14,16-17H2,1H3/t21-,26?,27-/m1/s1. The average Bonchev–Trinajstić information content (AvgIpc) is 2.88. The zero-order valence-electron chi connectivity index (χ0n) is 20.4. The van der Waals surface area contributed by atoms with Crippen molar-refractivity contribution < 1.29 is 19.2 Å². The van der Waals surface area contributed by atoms with Gasteiger partial charge in [0.05, 0.1) is 4.92 Å². The lowest BCUT2D eigenvalue weighted by atomic mass is 9.69. The number of non-ortho nitro benzene ring substituents is 1. The Labute approximate surface area is 210 Å². The summed E-state index contributed by atoms with van der Waals surface area (Å²) in [7, 11) is 0. The fourth-order valence-corrected chi connectivity index (χ4v) is 5.94. The topological polar surface area (TPSA) is 98.9 Å². The highest BCUT2D eigenvalue weighted by Crippen LogP contribution is 2.47. The number of esters is 1. The molecule has 2 aliphatic carbocycles. The summed E-state index contributed by atoms with van der Waals surface area (Å²) in [5.74, 6) is -1.90. The maximum atomic E-state index is 13.7. The molecule has 1 unspecified atom stereocenters. The van der Waals surface area contributed by atoms with Gasteiger partial charge in [-0.1, -0.05) is 48.9 Å². The van der Waals surface area contributed by atoms with Crippen LogP contribution in [0.3, 0.4) is 0 Å². The number of hydrogen-bond acceptors (Lipinski definition) is 6. The van der Waals surface area contributed by atoms with Gasteiger partial charge in [0, 0.05) is 41.5 Å². The second-order valence-corrected chi connectivity index (χ2v) is 10.1. The number of carbonyl (C=O) groups is 2. The van der Waals surface area contributed by atoms with Gasteiger partial charge in [0.25, 0.3) is 5.69 Å². The number of Topliss-reactive ketones (excluding diaryl/α,β-unsaturated/α-hetero) is 1. The van der Waals surface area contributed by atoms with E-state index < -0.39 is 22.7 Å². The monoisotopic (exact) mass is 486 g/mol. The third kappa shape index (κ3) is 4.74. The first kappa shape index (κ1) is 24.1.